The minimum atomic E-state index is -4.51. The lowest BCUT2D eigenvalue weighted by Crippen LogP contribution is -2.22. The van der Waals surface area contributed by atoms with Crippen molar-refractivity contribution >= 4 is 35.0 Å². The van der Waals surface area contributed by atoms with Crippen LogP contribution >= 0.6 is 15.9 Å². The van der Waals surface area contributed by atoms with Crippen LogP contribution in [0.2, 0.25) is 25.7 Å². The van der Waals surface area contributed by atoms with Gasteiger partial charge < -0.3 is 4.74 Å². The first-order chi connectivity index (χ1) is 10.1. The molecule has 0 radical (unpaired) electrons. The highest BCUT2D eigenvalue weighted by Crippen LogP contribution is 2.33. The van der Waals surface area contributed by atoms with Crippen LogP contribution in [0.1, 0.15) is 5.82 Å². The summed E-state index contributed by atoms with van der Waals surface area (Å²) >= 11 is 3.24. The molecule has 0 amide bonds. The van der Waals surface area contributed by atoms with E-state index in [0.717, 1.165) is 10.6 Å². The van der Waals surface area contributed by atoms with Crippen molar-refractivity contribution in [2.75, 3.05) is 6.61 Å². The van der Waals surface area contributed by atoms with Crippen molar-refractivity contribution in [2.45, 2.75) is 38.6 Å². The van der Waals surface area contributed by atoms with Crippen molar-refractivity contribution in [3.05, 3.63) is 28.5 Å². The molecule has 0 aliphatic carbocycles. The Morgan fingerprint density at radius 2 is 1.95 bits per heavy atom. The summed E-state index contributed by atoms with van der Waals surface area (Å²) in [7, 11) is -1.27. The number of aromatic nitrogens is 2. The maximum Gasteiger partial charge on any atom is 0.449 e. The minimum absolute atomic E-state index is 0.147. The molecule has 3 nitrogen and oxygen atoms in total. The first kappa shape index (κ1) is 17.5. The Kier molecular flexibility index (Phi) is 5.03. The molecule has 122 valence electrons. The second-order valence-electron chi connectivity index (χ2n) is 6.32. The Morgan fingerprint density at radius 3 is 2.55 bits per heavy atom. The second-order valence-corrected chi connectivity index (χ2v) is 12.8. The van der Waals surface area contributed by atoms with Crippen LogP contribution < -0.4 is 0 Å². The summed E-state index contributed by atoms with van der Waals surface area (Å²) in [5.74, 6) is -0.928. The fourth-order valence-corrected chi connectivity index (χ4v) is 3.20. The van der Waals surface area contributed by atoms with E-state index >= 15 is 0 Å². The van der Waals surface area contributed by atoms with Crippen molar-refractivity contribution in [2.24, 2.45) is 0 Å². The molecular weight excluding hydrogens is 377 g/mol. The molecule has 1 aromatic carbocycles. The van der Waals surface area contributed by atoms with Gasteiger partial charge in [-0.2, -0.15) is 13.2 Å². The number of hydrogen-bond donors (Lipinski definition) is 0. The number of para-hydroxylation sites is 1. The molecule has 0 atom stereocenters. The molecule has 0 unspecified atom stereocenters. The summed E-state index contributed by atoms with van der Waals surface area (Å²) in [6.45, 7) is 6.90. The third-order valence-corrected chi connectivity index (χ3v) is 5.54. The van der Waals surface area contributed by atoms with Crippen LogP contribution in [0, 0.1) is 0 Å². The molecule has 2 rings (SSSR count). The molecule has 0 bridgehead atoms. The van der Waals surface area contributed by atoms with E-state index in [1.54, 1.807) is 18.2 Å². The van der Waals surface area contributed by atoms with Gasteiger partial charge in [-0.15, -0.1) is 0 Å². The smallest absolute Gasteiger partial charge is 0.361 e. The van der Waals surface area contributed by atoms with E-state index in [4.69, 9.17) is 4.74 Å². The van der Waals surface area contributed by atoms with Crippen LogP contribution in [0.3, 0.4) is 0 Å². The molecule has 0 spiro atoms. The molecule has 2 aromatic rings. The SMILES string of the molecule is C[Si](C)(C)CCOCn1c(C(F)(F)F)nc2c(Br)cccc21. The maximum absolute atomic E-state index is 13.2. The lowest BCUT2D eigenvalue weighted by Gasteiger charge is -2.16. The van der Waals surface area contributed by atoms with Crippen LogP contribution in [-0.4, -0.2) is 24.2 Å². The molecule has 22 heavy (non-hydrogen) atoms. The Balaban J connectivity index is 2.28. The van der Waals surface area contributed by atoms with Gasteiger partial charge in [0.15, 0.2) is 0 Å². The van der Waals surface area contributed by atoms with E-state index in [0.29, 0.717) is 22.1 Å². The predicted octanol–water partition coefficient (Wildman–Crippen LogP) is 5.13. The molecular formula is C14H18BrF3N2OSi. The van der Waals surface area contributed by atoms with Crippen molar-refractivity contribution in [3.8, 4) is 0 Å². The zero-order valence-electron chi connectivity index (χ0n) is 12.7. The Bertz CT molecular complexity index is 664. The summed E-state index contributed by atoms with van der Waals surface area (Å²) < 4.78 is 46.6. The number of imidazole rings is 1. The maximum atomic E-state index is 13.2. The van der Waals surface area contributed by atoms with Crippen LogP contribution in [0.4, 0.5) is 13.2 Å². The van der Waals surface area contributed by atoms with E-state index in [1.165, 1.54) is 0 Å². The zero-order chi connectivity index (χ0) is 16.5. The van der Waals surface area contributed by atoms with E-state index in [-0.39, 0.29) is 6.73 Å². The van der Waals surface area contributed by atoms with Crippen LogP contribution in [0.5, 0.6) is 0 Å². The first-order valence-corrected chi connectivity index (χ1v) is 11.4. The molecule has 0 fully saturated rings. The molecule has 1 aromatic heterocycles. The van der Waals surface area contributed by atoms with Crippen LogP contribution in [-0.2, 0) is 17.6 Å². The molecule has 0 aliphatic heterocycles. The normalized spacial score (nSPS) is 13.0. The Hall–Kier alpha value is -0.863. The fraction of sp³-hybridized carbons (Fsp3) is 0.500. The van der Waals surface area contributed by atoms with Gasteiger partial charge in [0.2, 0.25) is 5.82 Å². The number of rotatable bonds is 5. The Morgan fingerprint density at radius 1 is 1.27 bits per heavy atom. The fourth-order valence-electron chi connectivity index (χ4n) is 1.99. The summed E-state index contributed by atoms with van der Waals surface area (Å²) in [4.78, 5) is 3.73. The molecule has 1 heterocycles. The number of hydrogen-bond acceptors (Lipinski definition) is 2. The molecule has 0 saturated heterocycles. The first-order valence-electron chi connectivity index (χ1n) is 6.89. The second kappa shape index (κ2) is 6.33. The van der Waals surface area contributed by atoms with Gasteiger partial charge in [0.1, 0.15) is 12.2 Å². The van der Waals surface area contributed by atoms with Crippen molar-refractivity contribution in [1.82, 2.24) is 9.55 Å². The summed E-state index contributed by atoms with van der Waals surface area (Å²) in [6, 6.07) is 5.88. The lowest BCUT2D eigenvalue weighted by atomic mass is 10.3. The summed E-state index contributed by atoms with van der Waals surface area (Å²) in [6.07, 6.45) is -4.51. The third kappa shape index (κ3) is 4.11. The van der Waals surface area contributed by atoms with E-state index in [9.17, 15) is 13.2 Å². The summed E-state index contributed by atoms with van der Waals surface area (Å²) in [5, 5.41) is 0. The standard InChI is InChI=1S/C14H18BrF3N2OSi/c1-22(2,3)8-7-21-9-20-11-6-4-5-10(15)12(11)19-13(20)14(16,17)18/h4-6H,7-9H2,1-3H3. The van der Waals surface area contributed by atoms with Gasteiger partial charge in [0, 0.05) is 19.2 Å². The van der Waals surface area contributed by atoms with Gasteiger partial charge in [0.25, 0.3) is 0 Å². The third-order valence-electron chi connectivity index (χ3n) is 3.20. The van der Waals surface area contributed by atoms with Crippen LogP contribution in [0.25, 0.3) is 11.0 Å². The van der Waals surface area contributed by atoms with Gasteiger partial charge in [-0.25, -0.2) is 4.98 Å². The number of benzene rings is 1. The van der Waals surface area contributed by atoms with E-state index in [2.05, 4.69) is 40.6 Å². The highest BCUT2D eigenvalue weighted by molar-refractivity contribution is 9.10. The van der Waals surface area contributed by atoms with Crippen molar-refractivity contribution in [1.29, 1.82) is 0 Å². The summed E-state index contributed by atoms with van der Waals surface area (Å²) in [5.41, 5.74) is 0.707. The highest BCUT2D eigenvalue weighted by atomic mass is 79.9. The number of alkyl halides is 3. The molecule has 0 aliphatic rings. The average molecular weight is 395 g/mol. The van der Waals surface area contributed by atoms with Gasteiger partial charge in [0.05, 0.1) is 5.52 Å². The van der Waals surface area contributed by atoms with Gasteiger partial charge in [-0.1, -0.05) is 25.7 Å². The lowest BCUT2D eigenvalue weighted by molar-refractivity contribution is -0.149. The topological polar surface area (TPSA) is 27.1 Å². The number of ether oxygens (including phenoxy) is 1. The van der Waals surface area contributed by atoms with E-state index < -0.39 is 20.1 Å². The number of fused-ring (bicyclic) bond motifs is 1. The van der Waals surface area contributed by atoms with Gasteiger partial charge >= 0.3 is 6.18 Å². The monoisotopic (exact) mass is 394 g/mol. The average Bonchev–Trinajstić information content (AvgIpc) is 2.74. The van der Waals surface area contributed by atoms with Crippen LogP contribution in [0.15, 0.2) is 22.7 Å². The minimum Gasteiger partial charge on any atom is -0.361 e. The molecule has 0 N–H and O–H groups in total. The predicted molar refractivity (Wildman–Crippen MR) is 86.5 cm³/mol. The van der Waals surface area contributed by atoms with Gasteiger partial charge in [-0.3, -0.25) is 4.57 Å². The molecule has 0 saturated carbocycles. The Labute approximate surface area is 136 Å². The number of nitrogens with zero attached hydrogens (tertiary/aromatic N) is 2. The molecule has 8 heteroatoms. The van der Waals surface area contributed by atoms with Crippen molar-refractivity contribution in [3.63, 3.8) is 0 Å². The number of halogens is 4. The zero-order valence-corrected chi connectivity index (χ0v) is 15.3. The largest absolute Gasteiger partial charge is 0.449 e. The highest BCUT2D eigenvalue weighted by Gasteiger charge is 2.38. The van der Waals surface area contributed by atoms with Crippen molar-refractivity contribution < 1.29 is 17.9 Å². The van der Waals surface area contributed by atoms with E-state index in [1.807, 2.05) is 0 Å². The quantitative estimate of drug-likeness (QED) is 0.519. The van der Waals surface area contributed by atoms with Gasteiger partial charge in [-0.05, 0) is 34.1 Å².